The van der Waals surface area contributed by atoms with E-state index in [1.165, 1.54) is 0 Å². The highest BCUT2D eigenvalue weighted by Crippen LogP contribution is 2.05. The number of nitrogens with two attached hydrogens (primary N) is 3. The van der Waals surface area contributed by atoms with Gasteiger partial charge in [0.15, 0.2) is 5.96 Å². The molecule has 0 aliphatic rings. The number of nitrogens with zero attached hydrogens (tertiary/aromatic N) is 1. The van der Waals surface area contributed by atoms with Gasteiger partial charge in [0.1, 0.15) is 18.1 Å². The first kappa shape index (κ1) is 30.9. The number of amides is 3. The van der Waals surface area contributed by atoms with Crippen LogP contribution in [0.15, 0.2) is 4.99 Å². The number of carbonyl (C=O) groups is 5. The summed E-state index contributed by atoms with van der Waals surface area (Å²) in [6.07, 6.45) is -0.279. The van der Waals surface area contributed by atoms with Crippen LogP contribution in [0.1, 0.15) is 39.5 Å². The zero-order valence-corrected chi connectivity index (χ0v) is 20.1. The molecule has 0 radical (unpaired) electrons. The lowest BCUT2D eigenvalue weighted by Crippen LogP contribution is -2.58. The van der Waals surface area contributed by atoms with Crippen LogP contribution in [0.3, 0.4) is 0 Å². The fourth-order valence-electron chi connectivity index (χ4n) is 2.78. The number of guanidine groups is 1. The second-order valence-electron chi connectivity index (χ2n) is 7.99. The number of aliphatic carboxylic acids is 2. The van der Waals surface area contributed by atoms with Crippen molar-refractivity contribution in [3.63, 3.8) is 0 Å². The summed E-state index contributed by atoms with van der Waals surface area (Å²) < 4.78 is 0. The van der Waals surface area contributed by atoms with Gasteiger partial charge in [-0.1, -0.05) is 13.8 Å². The first-order chi connectivity index (χ1) is 15.8. The molecule has 4 unspecified atom stereocenters. The van der Waals surface area contributed by atoms with E-state index in [4.69, 9.17) is 22.3 Å². The molecular formula is C19H35N7O7S. The minimum atomic E-state index is -1.60. The van der Waals surface area contributed by atoms with Crippen LogP contribution in [0.25, 0.3) is 0 Å². The number of nitrogens with one attached hydrogen (secondary N) is 3. The van der Waals surface area contributed by atoms with Crippen LogP contribution in [-0.4, -0.2) is 82.3 Å². The molecule has 4 atom stereocenters. The predicted molar refractivity (Wildman–Crippen MR) is 127 cm³/mol. The van der Waals surface area contributed by atoms with Crippen molar-refractivity contribution < 1.29 is 34.2 Å². The van der Waals surface area contributed by atoms with Crippen molar-refractivity contribution in [2.24, 2.45) is 28.1 Å². The molecule has 0 aliphatic heterocycles. The largest absolute Gasteiger partial charge is 0.481 e. The van der Waals surface area contributed by atoms with Gasteiger partial charge in [0.05, 0.1) is 12.5 Å². The fourth-order valence-corrected chi connectivity index (χ4v) is 3.03. The highest BCUT2D eigenvalue weighted by molar-refractivity contribution is 7.80. The molecule has 0 rings (SSSR count). The zero-order valence-electron chi connectivity index (χ0n) is 19.2. The molecule has 14 nitrogen and oxygen atoms in total. The predicted octanol–water partition coefficient (Wildman–Crippen LogP) is -2.64. The van der Waals surface area contributed by atoms with Crippen molar-refractivity contribution in [2.75, 3.05) is 12.3 Å². The van der Waals surface area contributed by atoms with E-state index in [1.807, 2.05) is 13.8 Å². The molecule has 34 heavy (non-hydrogen) atoms. The molecule has 0 aliphatic carbocycles. The highest BCUT2D eigenvalue weighted by atomic mass is 32.1. The Morgan fingerprint density at radius 3 is 1.91 bits per heavy atom. The lowest BCUT2D eigenvalue weighted by molar-refractivity contribution is -0.143. The van der Waals surface area contributed by atoms with Crippen LogP contribution in [0.4, 0.5) is 0 Å². The zero-order chi connectivity index (χ0) is 26.4. The van der Waals surface area contributed by atoms with Crippen molar-refractivity contribution in [1.82, 2.24) is 16.0 Å². The quantitative estimate of drug-likeness (QED) is 0.0456. The van der Waals surface area contributed by atoms with Gasteiger partial charge in [-0.3, -0.25) is 24.2 Å². The first-order valence-electron chi connectivity index (χ1n) is 10.6. The lowest BCUT2D eigenvalue weighted by Gasteiger charge is -2.24. The molecule has 0 aromatic heterocycles. The Hall–Kier alpha value is -3.07. The van der Waals surface area contributed by atoms with Crippen LogP contribution >= 0.6 is 12.6 Å². The SMILES string of the molecule is CC(C)CC(N)C(=O)NC(CS)C(=O)NC(CC(=O)O)C(=O)NC(CCCN=C(N)N)C(=O)O. The van der Waals surface area contributed by atoms with E-state index in [-0.39, 0.29) is 37.0 Å². The fraction of sp³-hybridized carbons (Fsp3) is 0.684. The van der Waals surface area contributed by atoms with Crippen LogP contribution < -0.4 is 33.2 Å². The highest BCUT2D eigenvalue weighted by Gasteiger charge is 2.31. The van der Waals surface area contributed by atoms with Gasteiger partial charge in [0, 0.05) is 12.3 Å². The summed E-state index contributed by atoms with van der Waals surface area (Å²) in [5.41, 5.74) is 16.2. The topological polar surface area (TPSA) is 252 Å². The molecular weight excluding hydrogens is 470 g/mol. The third kappa shape index (κ3) is 12.8. The monoisotopic (exact) mass is 505 g/mol. The molecule has 0 saturated carbocycles. The van der Waals surface area contributed by atoms with Gasteiger partial charge in [0.2, 0.25) is 17.7 Å². The summed E-state index contributed by atoms with van der Waals surface area (Å²) in [6, 6.07) is -5.05. The van der Waals surface area contributed by atoms with E-state index in [0.29, 0.717) is 6.42 Å². The minimum absolute atomic E-state index is 0.0470. The average Bonchev–Trinajstić information content (AvgIpc) is 2.71. The maximum atomic E-state index is 12.6. The lowest BCUT2D eigenvalue weighted by atomic mass is 10.0. The Bertz CT molecular complexity index is 759. The van der Waals surface area contributed by atoms with Gasteiger partial charge in [-0.2, -0.15) is 12.6 Å². The smallest absolute Gasteiger partial charge is 0.326 e. The Morgan fingerprint density at radius 2 is 1.44 bits per heavy atom. The summed E-state index contributed by atoms with van der Waals surface area (Å²) >= 11 is 4.02. The molecule has 0 spiro atoms. The summed E-state index contributed by atoms with van der Waals surface area (Å²) in [7, 11) is 0. The van der Waals surface area contributed by atoms with E-state index >= 15 is 0 Å². The van der Waals surface area contributed by atoms with Crippen molar-refractivity contribution in [2.45, 2.75) is 63.7 Å². The molecule has 0 aromatic rings. The van der Waals surface area contributed by atoms with Crippen LogP contribution in [0.5, 0.6) is 0 Å². The van der Waals surface area contributed by atoms with Crippen molar-refractivity contribution in [3.05, 3.63) is 0 Å². The maximum Gasteiger partial charge on any atom is 0.326 e. The summed E-state index contributed by atoms with van der Waals surface area (Å²) in [6.45, 7) is 3.87. The number of carboxylic acids is 2. The number of carboxylic acid groups (broad SMARTS) is 2. The Balaban J connectivity index is 5.25. The molecule has 0 bridgehead atoms. The Morgan fingerprint density at radius 1 is 0.912 bits per heavy atom. The molecule has 194 valence electrons. The van der Waals surface area contributed by atoms with Crippen molar-refractivity contribution in [3.8, 4) is 0 Å². The molecule has 0 heterocycles. The molecule has 0 saturated heterocycles. The summed E-state index contributed by atoms with van der Waals surface area (Å²) in [5.74, 6) is -5.47. The van der Waals surface area contributed by atoms with E-state index in [2.05, 4.69) is 33.6 Å². The van der Waals surface area contributed by atoms with Gasteiger partial charge in [-0.25, -0.2) is 4.79 Å². The molecule has 0 aromatic carbocycles. The number of thiol groups is 1. The van der Waals surface area contributed by atoms with E-state index in [9.17, 15) is 29.1 Å². The van der Waals surface area contributed by atoms with E-state index in [0.717, 1.165) is 0 Å². The molecule has 0 fully saturated rings. The standard InChI is InChI=1S/C19H35N7O7S/c1-9(2)6-10(20)15(29)26-13(8-34)17(31)25-12(7-14(27)28)16(30)24-11(18(32)33)4-3-5-23-19(21)22/h9-13,34H,3-8,20H2,1-2H3,(H,24,30)(H,25,31)(H,26,29)(H,27,28)(H,32,33)(H4,21,22,23). The van der Waals surface area contributed by atoms with Crippen LogP contribution in [-0.2, 0) is 24.0 Å². The minimum Gasteiger partial charge on any atom is -0.481 e. The second kappa shape index (κ2) is 15.7. The van der Waals surface area contributed by atoms with E-state index in [1.54, 1.807) is 0 Å². The Labute approximate surface area is 202 Å². The maximum absolute atomic E-state index is 12.6. The first-order valence-corrected chi connectivity index (χ1v) is 11.2. The van der Waals surface area contributed by atoms with Gasteiger partial charge < -0.3 is 43.4 Å². The van der Waals surface area contributed by atoms with E-state index < -0.39 is 60.2 Å². The number of aliphatic imine (C=N–C) groups is 1. The number of hydrogen-bond acceptors (Lipinski definition) is 8. The average molecular weight is 506 g/mol. The number of hydrogen-bond donors (Lipinski definition) is 9. The van der Waals surface area contributed by atoms with Crippen molar-refractivity contribution >= 4 is 48.2 Å². The van der Waals surface area contributed by atoms with Crippen LogP contribution in [0, 0.1) is 5.92 Å². The van der Waals surface area contributed by atoms with Gasteiger partial charge in [-0.15, -0.1) is 0 Å². The molecule has 3 amide bonds. The van der Waals surface area contributed by atoms with Crippen molar-refractivity contribution in [1.29, 1.82) is 0 Å². The third-order valence-corrected chi connectivity index (χ3v) is 4.81. The van der Waals surface area contributed by atoms with Gasteiger partial charge in [0.25, 0.3) is 0 Å². The Kier molecular flexibility index (Phi) is 14.3. The number of carbonyl (C=O) groups excluding carboxylic acids is 3. The second-order valence-corrected chi connectivity index (χ2v) is 8.35. The molecule has 15 heteroatoms. The number of rotatable bonds is 16. The van der Waals surface area contributed by atoms with Gasteiger partial charge in [-0.05, 0) is 25.2 Å². The third-order valence-electron chi connectivity index (χ3n) is 4.45. The summed E-state index contributed by atoms with van der Waals surface area (Å²) in [5, 5.41) is 25.3. The molecule has 11 N–H and O–H groups in total. The normalized spacial score (nSPS) is 14.3. The van der Waals surface area contributed by atoms with Crippen LogP contribution in [0.2, 0.25) is 0 Å². The summed E-state index contributed by atoms with van der Waals surface area (Å²) in [4.78, 5) is 63.8. The van der Waals surface area contributed by atoms with Gasteiger partial charge >= 0.3 is 11.9 Å².